The number of carbonyl (C=O) groups excluding carboxylic acids is 1. The number of likely N-dealkylation sites (N-methyl/N-ethyl adjacent to an activating group) is 1. The van der Waals surface area contributed by atoms with Crippen molar-refractivity contribution in [1.82, 2.24) is 0 Å². The van der Waals surface area contributed by atoms with Gasteiger partial charge >= 0.3 is 0 Å². The van der Waals surface area contributed by atoms with Gasteiger partial charge < -0.3 is 15.0 Å². The zero-order valence-corrected chi connectivity index (χ0v) is 10.3. The highest BCUT2D eigenvalue weighted by Crippen LogP contribution is 2.21. The number of hydrogen-bond donors (Lipinski definition) is 2. The third kappa shape index (κ3) is 4.05. The summed E-state index contributed by atoms with van der Waals surface area (Å²) in [7, 11) is 0.194. The van der Waals surface area contributed by atoms with E-state index in [0.717, 1.165) is 0 Å². The first kappa shape index (κ1) is 15.3. The van der Waals surface area contributed by atoms with E-state index in [1.54, 1.807) is 0 Å². The second-order valence-electron chi connectivity index (χ2n) is 4.51. The molecule has 96 valence electrons. The maximum atomic E-state index is 10.8. The molecule has 0 aliphatic carbocycles. The Hall–Kier alpha value is -0.700. The molecule has 16 heavy (non-hydrogen) atoms. The van der Waals surface area contributed by atoms with Crippen LogP contribution in [0.25, 0.3) is 0 Å². The Morgan fingerprint density at radius 2 is 1.81 bits per heavy atom. The number of carbonyl (C=O) groups is 1. The molecule has 0 heterocycles. The van der Waals surface area contributed by atoms with Crippen molar-refractivity contribution in [1.29, 1.82) is 0 Å². The third-order valence-electron chi connectivity index (χ3n) is 2.36. The van der Waals surface area contributed by atoms with E-state index >= 15 is 0 Å². The quantitative estimate of drug-likeness (QED) is 0.316. The molecule has 0 bridgehead atoms. The second-order valence-corrected chi connectivity index (χ2v) is 6.08. The highest BCUT2D eigenvalue weighted by Gasteiger charge is 2.42. The van der Waals surface area contributed by atoms with E-state index in [-0.39, 0.29) is 17.3 Å². The molecule has 0 fully saturated rings. The van der Waals surface area contributed by atoms with Crippen LogP contribution in [-0.2, 0) is 14.9 Å². The molecule has 0 aromatic carbocycles. The fourth-order valence-corrected chi connectivity index (χ4v) is 1.72. The number of rotatable bonds is 6. The van der Waals surface area contributed by atoms with Gasteiger partial charge in [0.2, 0.25) is 5.72 Å². The van der Waals surface area contributed by atoms with Gasteiger partial charge in [-0.05, 0) is 6.42 Å². The lowest BCUT2D eigenvalue weighted by atomic mass is 10.1. The maximum absolute atomic E-state index is 10.8. The van der Waals surface area contributed by atoms with Crippen molar-refractivity contribution in [2.45, 2.75) is 18.6 Å². The van der Waals surface area contributed by atoms with Crippen LogP contribution < -0.4 is 5.11 Å². The molecule has 0 aliphatic rings. The van der Waals surface area contributed by atoms with Crippen molar-refractivity contribution >= 4 is 16.1 Å². The minimum Gasteiger partial charge on any atom is -0.542 e. The summed E-state index contributed by atoms with van der Waals surface area (Å²) in [4.78, 5) is 10.8. The van der Waals surface area contributed by atoms with Gasteiger partial charge in [0.25, 0.3) is 10.1 Å². The number of carboxylic acid groups (broad SMARTS) is 1. The minimum absolute atomic E-state index is 0.168. The SMILES string of the molecule is C[N+](C)(C)C(O)(CCCS(=O)(=O)O)C(=O)[O-]. The summed E-state index contributed by atoms with van der Waals surface area (Å²) in [6.07, 6.45) is -0.489. The van der Waals surface area contributed by atoms with Crippen molar-refractivity contribution in [3.8, 4) is 0 Å². The van der Waals surface area contributed by atoms with Gasteiger partial charge in [-0.2, -0.15) is 8.42 Å². The monoisotopic (exact) mass is 255 g/mol. The molecule has 0 radical (unpaired) electrons. The molecule has 0 aromatic rings. The molecule has 0 saturated carbocycles. The Morgan fingerprint density at radius 1 is 1.38 bits per heavy atom. The summed E-state index contributed by atoms with van der Waals surface area (Å²) < 4.78 is 29.0. The van der Waals surface area contributed by atoms with E-state index in [1.807, 2.05) is 0 Å². The molecule has 2 N–H and O–H groups in total. The van der Waals surface area contributed by atoms with Gasteiger partial charge in [-0.1, -0.05) is 0 Å². The molecule has 8 heteroatoms. The van der Waals surface area contributed by atoms with Crippen LogP contribution in [0.2, 0.25) is 0 Å². The number of nitrogens with zero attached hydrogens (tertiary/aromatic N) is 1. The molecule has 0 saturated heterocycles. The number of carboxylic acids is 1. The van der Waals surface area contributed by atoms with Crippen LogP contribution in [0.4, 0.5) is 0 Å². The topological polar surface area (TPSA) is 115 Å². The van der Waals surface area contributed by atoms with Crippen molar-refractivity contribution < 1.29 is 32.5 Å². The zero-order chi connectivity index (χ0) is 13.2. The number of aliphatic hydroxyl groups is 1. The van der Waals surface area contributed by atoms with Crippen LogP contribution in [-0.4, -0.2) is 61.2 Å². The first-order valence-corrected chi connectivity index (χ1v) is 6.21. The van der Waals surface area contributed by atoms with E-state index in [1.165, 1.54) is 21.1 Å². The van der Waals surface area contributed by atoms with Crippen LogP contribution in [0.5, 0.6) is 0 Å². The Bertz CT molecular complexity index is 357. The molecule has 0 aromatic heterocycles. The summed E-state index contributed by atoms with van der Waals surface area (Å²) in [5.41, 5.74) is -2.18. The Labute approximate surface area is 94.6 Å². The van der Waals surface area contributed by atoms with Crippen LogP contribution in [0, 0.1) is 0 Å². The normalized spacial score (nSPS) is 16.8. The van der Waals surface area contributed by atoms with Crippen molar-refractivity contribution in [2.24, 2.45) is 0 Å². The molecule has 1 atom stereocenters. The summed E-state index contributed by atoms with van der Waals surface area (Å²) in [5.74, 6) is -2.27. The molecule has 0 rings (SSSR count). The smallest absolute Gasteiger partial charge is 0.264 e. The minimum atomic E-state index is -4.15. The Kier molecular flexibility index (Phi) is 4.46. The molecule has 7 nitrogen and oxygen atoms in total. The van der Waals surface area contributed by atoms with Crippen molar-refractivity contribution in [2.75, 3.05) is 26.9 Å². The lowest BCUT2D eigenvalue weighted by Crippen LogP contribution is -2.66. The van der Waals surface area contributed by atoms with E-state index in [9.17, 15) is 23.4 Å². The summed E-state index contributed by atoms with van der Waals surface area (Å²) >= 11 is 0. The van der Waals surface area contributed by atoms with Gasteiger partial charge in [0.1, 0.15) is 5.97 Å². The van der Waals surface area contributed by atoms with Crippen LogP contribution in [0.1, 0.15) is 12.8 Å². The second kappa shape index (κ2) is 4.66. The number of aliphatic carboxylic acids is 1. The Morgan fingerprint density at radius 3 is 2.06 bits per heavy atom. The molecule has 1 unspecified atom stereocenters. The van der Waals surface area contributed by atoms with E-state index in [0.29, 0.717) is 0 Å². The fourth-order valence-electron chi connectivity index (χ4n) is 1.21. The fraction of sp³-hybridized carbons (Fsp3) is 0.875. The largest absolute Gasteiger partial charge is 0.542 e. The Balaban J connectivity index is 4.68. The lowest BCUT2D eigenvalue weighted by molar-refractivity contribution is -0.941. The maximum Gasteiger partial charge on any atom is 0.264 e. The average molecular weight is 255 g/mol. The molecular formula is C8H17NO6S. The van der Waals surface area contributed by atoms with Crippen LogP contribution in [0.3, 0.4) is 0 Å². The highest BCUT2D eigenvalue weighted by molar-refractivity contribution is 7.85. The highest BCUT2D eigenvalue weighted by atomic mass is 32.2. The van der Waals surface area contributed by atoms with Crippen molar-refractivity contribution in [3.63, 3.8) is 0 Å². The van der Waals surface area contributed by atoms with E-state index < -0.39 is 27.6 Å². The van der Waals surface area contributed by atoms with Gasteiger partial charge in [-0.25, -0.2) is 0 Å². The van der Waals surface area contributed by atoms with Gasteiger partial charge in [-0.15, -0.1) is 0 Å². The number of hydrogen-bond acceptors (Lipinski definition) is 5. The average Bonchev–Trinajstić information content (AvgIpc) is 1.98. The van der Waals surface area contributed by atoms with Crippen LogP contribution >= 0.6 is 0 Å². The zero-order valence-electron chi connectivity index (χ0n) is 9.50. The predicted molar refractivity (Wildman–Crippen MR) is 53.6 cm³/mol. The van der Waals surface area contributed by atoms with Gasteiger partial charge in [0.15, 0.2) is 0 Å². The first-order valence-electron chi connectivity index (χ1n) is 4.61. The summed E-state index contributed by atoms with van der Waals surface area (Å²) in [5, 5.41) is 20.7. The lowest BCUT2D eigenvalue weighted by Gasteiger charge is -2.42. The van der Waals surface area contributed by atoms with Crippen LogP contribution in [0.15, 0.2) is 0 Å². The predicted octanol–water partition coefficient (Wildman–Crippen LogP) is -2.20. The van der Waals surface area contributed by atoms with Gasteiger partial charge in [-0.3, -0.25) is 9.04 Å². The van der Waals surface area contributed by atoms with E-state index in [2.05, 4.69) is 0 Å². The standard InChI is InChI=1S/C8H17NO6S/c1-9(2,3)8(12,7(10)11)5-4-6-16(13,14)15/h12H,4-6H2,1-3H3,(H-,10,11,13,14,15). The van der Waals surface area contributed by atoms with Gasteiger partial charge in [0, 0.05) is 6.42 Å². The van der Waals surface area contributed by atoms with Gasteiger partial charge in [0.05, 0.1) is 26.9 Å². The molecule has 0 spiro atoms. The first-order chi connectivity index (χ1) is 6.90. The third-order valence-corrected chi connectivity index (χ3v) is 3.17. The van der Waals surface area contributed by atoms with Crippen molar-refractivity contribution in [3.05, 3.63) is 0 Å². The van der Waals surface area contributed by atoms with E-state index in [4.69, 9.17) is 4.55 Å². The number of quaternary nitrogens is 1. The summed E-state index contributed by atoms with van der Waals surface area (Å²) in [6.45, 7) is 0. The molecule has 0 amide bonds. The molecule has 0 aliphatic heterocycles. The molecular weight excluding hydrogens is 238 g/mol. The summed E-state index contributed by atoms with van der Waals surface area (Å²) in [6, 6.07) is 0.